The lowest BCUT2D eigenvalue weighted by Crippen LogP contribution is -2.55. The summed E-state index contributed by atoms with van der Waals surface area (Å²) in [6, 6.07) is 8.70. The molecule has 0 unspecified atom stereocenters. The van der Waals surface area contributed by atoms with Gasteiger partial charge in [0.25, 0.3) is 0 Å². The quantitative estimate of drug-likeness (QED) is 0.775. The number of carboxylic acids is 1. The molecular weight excluding hydrogens is 229 g/mol. The molecule has 1 rings (SSSR count). The van der Waals surface area contributed by atoms with Gasteiger partial charge in [0.1, 0.15) is 6.04 Å². The molecular formula is C13H20BNO3. The Labute approximate surface area is 108 Å². The van der Waals surface area contributed by atoms with E-state index < -0.39 is 24.5 Å². The minimum absolute atomic E-state index is 0.598. The largest absolute Gasteiger partial charge is 0.480 e. The number of hydrogen-bond acceptors (Lipinski definition) is 3. The molecule has 5 heteroatoms. The number of benzene rings is 1. The Hall–Kier alpha value is -1.33. The Morgan fingerprint density at radius 3 is 2.22 bits per heavy atom. The summed E-state index contributed by atoms with van der Waals surface area (Å²) in [5.74, 6) is -0.938. The van der Waals surface area contributed by atoms with Crippen LogP contribution in [0.15, 0.2) is 30.3 Å². The van der Waals surface area contributed by atoms with Gasteiger partial charge in [0, 0.05) is 5.41 Å². The summed E-state index contributed by atoms with van der Waals surface area (Å²) >= 11 is 0. The highest BCUT2D eigenvalue weighted by atomic mass is 16.4. The number of carboxylic acid groups (broad SMARTS) is 1. The molecule has 0 spiro atoms. The first-order valence-corrected chi connectivity index (χ1v) is 5.96. The van der Waals surface area contributed by atoms with E-state index in [1.807, 2.05) is 44.2 Å². The molecule has 0 saturated heterocycles. The topological polar surface area (TPSA) is 60.8 Å². The first-order valence-electron chi connectivity index (χ1n) is 5.96. The van der Waals surface area contributed by atoms with Gasteiger partial charge in [0.15, 0.2) is 0 Å². The molecule has 0 heterocycles. The van der Waals surface area contributed by atoms with Gasteiger partial charge in [-0.15, -0.1) is 0 Å². The monoisotopic (exact) mass is 249 g/mol. The fourth-order valence-corrected chi connectivity index (χ4v) is 2.23. The Bertz CT molecular complexity index is 406. The van der Waals surface area contributed by atoms with E-state index in [0.29, 0.717) is 0 Å². The molecule has 1 aromatic carbocycles. The Balaban J connectivity index is 3.17. The molecule has 0 aromatic heterocycles. The minimum Gasteiger partial charge on any atom is -0.480 e. The number of nitrogens with zero attached hydrogens (tertiary/aromatic N) is 1. The first-order chi connectivity index (χ1) is 8.28. The normalized spacial score (nSPS) is 13.4. The fourth-order valence-electron chi connectivity index (χ4n) is 2.23. The molecule has 1 aromatic rings. The smallest absolute Gasteiger partial charge is 0.376 e. The van der Waals surface area contributed by atoms with Crippen LogP contribution in [0, 0.1) is 0 Å². The standard InChI is InChI=1S/C13H20BNO3/c1-13(2,10-8-6-5-7-9-10)11(12(16)17)15(4)14(3)18/h5-9,11,18H,1-4H3,(H,16,17)/t11-/m1/s1. The SMILES string of the molecule is CB(O)N(C)[C@H](C(=O)O)C(C)(C)c1ccccc1. The number of hydrogen-bond donors (Lipinski definition) is 2. The second kappa shape index (κ2) is 5.54. The van der Waals surface area contributed by atoms with E-state index in [0.717, 1.165) is 5.56 Å². The predicted octanol–water partition coefficient (Wildman–Crippen LogP) is 1.46. The van der Waals surface area contributed by atoms with Crippen molar-refractivity contribution in [3.05, 3.63) is 35.9 Å². The van der Waals surface area contributed by atoms with Crippen molar-refractivity contribution >= 4 is 13.0 Å². The van der Waals surface area contributed by atoms with Crippen LogP contribution >= 0.6 is 0 Å². The van der Waals surface area contributed by atoms with Crippen LogP contribution in [0.5, 0.6) is 0 Å². The highest BCUT2D eigenvalue weighted by molar-refractivity contribution is 6.45. The third kappa shape index (κ3) is 2.92. The Morgan fingerprint density at radius 2 is 1.83 bits per heavy atom. The Kier molecular flexibility index (Phi) is 4.54. The summed E-state index contributed by atoms with van der Waals surface area (Å²) in [7, 11) is 0.808. The lowest BCUT2D eigenvalue weighted by molar-refractivity contribution is -0.143. The van der Waals surface area contributed by atoms with Gasteiger partial charge in [-0.05, 0) is 19.4 Å². The lowest BCUT2D eigenvalue weighted by atomic mass is 9.72. The maximum atomic E-state index is 11.5. The maximum Gasteiger partial charge on any atom is 0.376 e. The van der Waals surface area contributed by atoms with Gasteiger partial charge in [-0.25, -0.2) is 0 Å². The van der Waals surface area contributed by atoms with Gasteiger partial charge in [-0.3, -0.25) is 4.79 Å². The zero-order valence-electron chi connectivity index (χ0n) is 11.3. The average molecular weight is 249 g/mol. The van der Waals surface area contributed by atoms with Crippen LogP contribution in [0.4, 0.5) is 0 Å². The van der Waals surface area contributed by atoms with Gasteiger partial charge in [0.05, 0.1) is 0 Å². The van der Waals surface area contributed by atoms with Gasteiger partial charge in [-0.1, -0.05) is 44.2 Å². The molecule has 0 radical (unpaired) electrons. The third-order valence-electron chi connectivity index (χ3n) is 3.43. The zero-order valence-corrected chi connectivity index (χ0v) is 11.3. The number of likely N-dealkylation sites (N-methyl/N-ethyl adjacent to an activating group) is 1. The summed E-state index contributed by atoms with van der Waals surface area (Å²) in [5, 5.41) is 19.0. The molecule has 0 aliphatic carbocycles. The van der Waals surface area contributed by atoms with Gasteiger partial charge in [0.2, 0.25) is 0 Å². The summed E-state index contributed by atoms with van der Waals surface area (Å²) < 4.78 is 0. The van der Waals surface area contributed by atoms with Crippen LogP contribution in [0.25, 0.3) is 0 Å². The van der Waals surface area contributed by atoms with Crippen LogP contribution in [0.1, 0.15) is 19.4 Å². The molecule has 98 valence electrons. The molecule has 4 nitrogen and oxygen atoms in total. The van der Waals surface area contributed by atoms with Crippen LogP contribution in [-0.2, 0) is 10.2 Å². The van der Waals surface area contributed by atoms with Crippen molar-refractivity contribution in [2.75, 3.05) is 7.05 Å². The molecule has 0 amide bonds. The molecule has 18 heavy (non-hydrogen) atoms. The van der Waals surface area contributed by atoms with E-state index in [2.05, 4.69) is 0 Å². The van der Waals surface area contributed by atoms with Crippen LogP contribution < -0.4 is 0 Å². The zero-order chi connectivity index (χ0) is 13.9. The number of carbonyl (C=O) groups is 1. The van der Waals surface area contributed by atoms with Gasteiger partial charge in [-0.2, -0.15) is 0 Å². The van der Waals surface area contributed by atoms with Gasteiger partial charge >= 0.3 is 13.0 Å². The van der Waals surface area contributed by atoms with Gasteiger partial charge < -0.3 is 14.9 Å². The van der Waals surface area contributed by atoms with E-state index in [1.54, 1.807) is 13.9 Å². The van der Waals surface area contributed by atoms with E-state index in [-0.39, 0.29) is 0 Å². The van der Waals surface area contributed by atoms with Crippen LogP contribution in [0.2, 0.25) is 6.82 Å². The second-order valence-electron chi connectivity index (χ2n) is 5.13. The van der Waals surface area contributed by atoms with Crippen molar-refractivity contribution in [3.8, 4) is 0 Å². The minimum atomic E-state index is -0.938. The van der Waals surface area contributed by atoms with Crippen molar-refractivity contribution < 1.29 is 14.9 Å². The molecule has 0 saturated carbocycles. The Morgan fingerprint density at radius 1 is 1.33 bits per heavy atom. The summed E-state index contributed by atoms with van der Waals surface area (Å²) in [4.78, 5) is 13.0. The molecule has 2 N–H and O–H groups in total. The van der Waals surface area contributed by atoms with E-state index in [9.17, 15) is 14.9 Å². The van der Waals surface area contributed by atoms with E-state index >= 15 is 0 Å². The van der Waals surface area contributed by atoms with Crippen molar-refractivity contribution in [2.45, 2.75) is 32.1 Å². The maximum absolute atomic E-state index is 11.5. The van der Waals surface area contributed by atoms with E-state index in [1.165, 1.54) is 4.81 Å². The average Bonchev–Trinajstić information content (AvgIpc) is 2.29. The summed E-state index contributed by atoms with van der Waals surface area (Å²) in [6.07, 6.45) is 0. The molecule has 0 fully saturated rings. The molecule has 0 bridgehead atoms. The molecule has 1 atom stereocenters. The van der Waals surface area contributed by atoms with Crippen molar-refractivity contribution in [3.63, 3.8) is 0 Å². The highest BCUT2D eigenvalue weighted by Gasteiger charge is 2.41. The van der Waals surface area contributed by atoms with Crippen LogP contribution in [0.3, 0.4) is 0 Å². The molecule has 0 aliphatic heterocycles. The first kappa shape index (κ1) is 14.7. The summed E-state index contributed by atoms with van der Waals surface area (Å²) in [5.41, 5.74) is 0.337. The number of rotatable bonds is 5. The van der Waals surface area contributed by atoms with Crippen molar-refractivity contribution in [1.82, 2.24) is 4.81 Å². The summed E-state index contributed by atoms with van der Waals surface area (Å²) in [6.45, 7) is 5.32. The third-order valence-corrected chi connectivity index (χ3v) is 3.43. The van der Waals surface area contributed by atoms with Crippen LogP contribution in [-0.4, -0.2) is 41.1 Å². The fraction of sp³-hybridized carbons (Fsp3) is 0.462. The van der Waals surface area contributed by atoms with Crippen molar-refractivity contribution in [1.29, 1.82) is 0 Å². The highest BCUT2D eigenvalue weighted by Crippen LogP contribution is 2.30. The number of aliphatic carboxylic acids is 1. The predicted molar refractivity (Wildman–Crippen MR) is 72.5 cm³/mol. The van der Waals surface area contributed by atoms with Crippen molar-refractivity contribution in [2.24, 2.45) is 0 Å². The second-order valence-corrected chi connectivity index (χ2v) is 5.13. The van der Waals surface area contributed by atoms with E-state index in [4.69, 9.17) is 0 Å². The molecule has 0 aliphatic rings. The lowest BCUT2D eigenvalue weighted by Gasteiger charge is -2.38.